The van der Waals surface area contributed by atoms with E-state index >= 15 is 0 Å². The van der Waals surface area contributed by atoms with Gasteiger partial charge in [-0.2, -0.15) is 0 Å². The fraction of sp³-hybridized carbons (Fsp3) is 0.600. The summed E-state index contributed by atoms with van der Waals surface area (Å²) in [7, 11) is 0. The zero-order chi connectivity index (χ0) is 18.2. The number of likely N-dealkylation sites (tertiary alicyclic amines) is 1. The number of benzene rings is 1. The SMILES string of the molecule is C[C@H](O)[C@@H](NC(=O)C1CC1)C(=O)N1C[C@@H](c2ccccc2)C(C)(C)C1. The van der Waals surface area contributed by atoms with Crippen LogP contribution in [-0.2, 0) is 9.59 Å². The molecule has 25 heavy (non-hydrogen) atoms. The van der Waals surface area contributed by atoms with Crippen molar-refractivity contribution in [1.29, 1.82) is 0 Å². The maximum absolute atomic E-state index is 13.0. The first-order valence-electron chi connectivity index (χ1n) is 9.12. The van der Waals surface area contributed by atoms with Crippen LogP contribution in [0, 0.1) is 11.3 Å². The fourth-order valence-electron chi connectivity index (χ4n) is 3.75. The summed E-state index contributed by atoms with van der Waals surface area (Å²) in [5.74, 6) is -0.0413. The van der Waals surface area contributed by atoms with Crippen LogP contribution in [0.3, 0.4) is 0 Å². The molecule has 1 saturated heterocycles. The number of carbonyl (C=O) groups excluding carboxylic acids is 2. The molecule has 3 atom stereocenters. The van der Waals surface area contributed by atoms with E-state index in [1.807, 2.05) is 18.2 Å². The second-order valence-corrected chi connectivity index (χ2v) is 8.17. The van der Waals surface area contributed by atoms with E-state index in [1.54, 1.807) is 11.8 Å². The van der Waals surface area contributed by atoms with E-state index in [4.69, 9.17) is 0 Å². The van der Waals surface area contributed by atoms with Gasteiger partial charge in [-0.25, -0.2) is 0 Å². The molecule has 5 nitrogen and oxygen atoms in total. The van der Waals surface area contributed by atoms with Crippen LogP contribution >= 0.6 is 0 Å². The molecule has 0 bridgehead atoms. The van der Waals surface area contributed by atoms with Crippen molar-refractivity contribution in [1.82, 2.24) is 10.2 Å². The molecule has 2 N–H and O–H groups in total. The molecule has 0 aromatic heterocycles. The Morgan fingerprint density at radius 1 is 1.24 bits per heavy atom. The topological polar surface area (TPSA) is 69.6 Å². The minimum atomic E-state index is -0.908. The van der Waals surface area contributed by atoms with Crippen LogP contribution in [0.15, 0.2) is 30.3 Å². The molecule has 2 fully saturated rings. The lowest BCUT2D eigenvalue weighted by Gasteiger charge is -2.27. The highest BCUT2D eigenvalue weighted by molar-refractivity contribution is 5.90. The number of hydrogen-bond donors (Lipinski definition) is 2. The highest BCUT2D eigenvalue weighted by atomic mass is 16.3. The van der Waals surface area contributed by atoms with Gasteiger partial charge in [-0.1, -0.05) is 44.2 Å². The van der Waals surface area contributed by atoms with E-state index in [2.05, 4.69) is 31.3 Å². The number of nitrogens with zero attached hydrogens (tertiary/aromatic N) is 1. The standard InChI is InChI=1S/C20H28N2O3/c1-13(23)17(21-18(24)15-9-10-15)19(25)22-11-16(20(2,3)12-22)14-7-5-4-6-8-14/h4-8,13,15-17,23H,9-12H2,1-3H3,(H,21,24)/t13-,16-,17+/m0/s1. The molecule has 136 valence electrons. The molecule has 1 heterocycles. The largest absolute Gasteiger partial charge is 0.391 e. The van der Waals surface area contributed by atoms with E-state index in [-0.39, 0.29) is 29.1 Å². The van der Waals surface area contributed by atoms with E-state index < -0.39 is 12.1 Å². The summed E-state index contributed by atoms with van der Waals surface area (Å²) < 4.78 is 0. The van der Waals surface area contributed by atoms with Crippen LogP contribution in [0.5, 0.6) is 0 Å². The van der Waals surface area contributed by atoms with Crippen molar-refractivity contribution in [3.05, 3.63) is 35.9 Å². The molecule has 5 heteroatoms. The number of carbonyl (C=O) groups is 2. The molecule has 1 saturated carbocycles. The third-order valence-corrected chi connectivity index (χ3v) is 5.45. The van der Waals surface area contributed by atoms with Gasteiger partial charge >= 0.3 is 0 Å². The zero-order valence-electron chi connectivity index (χ0n) is 15.2. The first-order chi connectivity index (χ1) is 11.8. The van der Waals surface area contributed by atoms with Crippen LogP contribution < -0.4 is 5.32 Å². The minimum absolute atomic E-state index is 0.0149. The first-order valence-corrected chi connectivity index (χ1v) is 9.12. The molecule has 0 unspecified atom stereocenters. The average Bonchev–Trinajstić information content (AvgIpc) is 3.36. The Balaban J connectivity index is 1.73. The quantitative estimate of drug-likeness (QED) is 0.857. The second-order valence-electron chi connectivity index (χ2n) is 8.17. The first kappa shape index (κ1) is 17.9. The number of amides is 2. The molecule has 1 aliphatic heterocycles. The normalized spacial score (nSPS) is 24.6. The van der Waals surface area contributed by atoms with E-state index in [0.29, 0.717) is 13.1 Å². The Bertz CT molecular complexity index is 638. The van der Waals surface area contributed by atoms with Gasteiger partial charge in [0.25, 0.3) is 0 Å². The van der Waals surface area contributed by atoms with E-state index in [0.717, 1.165) is 12.8 Å². The Labute approximate surface area is 149 Å². The Kier molecular flexibility index (Phi) is 4.87. The highest BCUT2D eigenvalue weighted by Gasteiger charge is 2.44. The molecular formula is C20H28N2O3. The average molecular weight is 344 g/mol. The number of aliphatic hydroxyl groups is 1. The summed E-state index contributed by atoms with van der Waals surface area (Å²) in [4.78, 5) is 26.8. The Hall–Kier alpha value is -1.88. The van der Waals surface area contributed by atoms with Crippen LogP contribution in [0.1, 0.15) is 45.1 Å². The van der Waals surface area contributed by atoms with Crippen molar-refractivity contribution < 1.29 is 14.7 Å². The molecule has 1 aliphatic carbocycles. The van der Waals surface area contributed by atoms with Gasteiger partial charge in [-0.05, 0) is 30.7 Å². The second kappa shape index (κ2) is 6.79. The smallest absolute Gasteiger partial charge is 0.247 e. The van der Waals surface area contributed by atoms with Crippen molar-refractivity contribution >= 4 is 11.8 Å². The van der Waals surface area contributed by atoms with Crippen LogP contribution in [0.2, 0.25) is 0 Å². The molecule has 0 spiro atoms. The molecular weight excluding hydrogens is 316 g/mol. The molecule has 0 radical (unpaired) electrons. The van der Waals surface area contributed by atoms with Gasteiger partial charge in [-0.15, -0.1) is 0 Å². The third kappa shape index (κ3) is 3.87. The van der Waals surface area contributed by atoms with Crippen LogP contribution in [0.25, 0.3) is 0 Å². The van der Waals surface area contributed by atoms with Gasteiger partial charge in [0.05, 0.1) is 6.10 Å². The minimum Gasteiger partial charge on any atom is -0.391 e. The summed E-state index contributed by atoms with van der Waals surface area (Å²) >= 11 is 0. The summed E-state index contributed by atoms with van der Waals surface area (Å²) in [6.07, 6.45) is 0.841. The maximum atomic E-state index is 13.0. The van der Waals surface area contributed by atoms with Gasteiger partial charge in [0.2, 0.25) is 11.8 Å². The summed E-state index contributed by atoms with van der Waals surface area (Å²) in [6, 6.07) is 9.36. The van der Waals surface area contributed by atoms with Crippen molar-refractivity contribution in [2.75, 3.05) is 13.1 Å². The van der Waals surface area contributed by atoms with Gasteiger partial charge in [-0.3, -0.25) is 9.59 Å². The monoisotopic (exact) mass is 344 g/mol. The van der Waals surface area contributed by atoms with Crippen molar-refractivity contribution in [2.45, 2.75) is 51.7 Å². The van der Waals surface area contributed by atoms with E-state index in [9.17, 15) is 14.7 Å². The van der Waals surface area contributed by atoms with Gasteiger partial charge in [0.1, 0.15) is 6.04 Å². The van der Waals surface area contributed by atoms with E-state index in [1.165, 1.54) is 5.56 Å². The maximum Gasteiger partial charge on any atom is 0.247 e. The summed E-state index contributed by atoms with van der Waals surface area (Å²) in [6.45, 7) is 7.12. The summed E-state index contributed by atoms with van der Waals surface area (Å²) in [5, 5.41) is 12.8. The lowest BCUT2D eigenvalue weighted by atomic mass is 9.78. The Morgan fingerprint density at radius 3 is 2.44 bits per heavy atom. The summed E-state index contributed by atoms with van der Waals surface area (Å²) in [5.41, 5.74) is 1.17. The number of aliphatic hydroxyl groups excluding tert-OH is 1. The van der Waals surface area contributed by atoms with Crippen LogP contribution in [0.4, 0.5) is 0 Å². The predicted molar refractivity (Wildman–Crippen MR) is 95.9 cm³/mol. The fourth-order valence-corrected chi connectivity index (χ4v) is 3.75. The molecule has 2 aliphatic rings. The number of rotatable bonds is 5. The molecule has 1 aromatic carbocycles. The van der Waals surface area contributed by atoms with Gasteiger partial charge < -0.3 is 15.3 Å². The molecule has 1 aromatic rings. The highest BCUT2D eigenvalue weighted by Crippen LogP contribution is 2.42. The van der Waals surface area contributed by atoms with Crippen molar-refractivity contribution in [2.24, 2.45) is 11.3 Å². The third-order valence-electron chi connectivity index (χ3n) is 5.45. The van der Waals surface area contributed by atoms with Gasteiger partial charge in [0, 0.05) is 24.9 Å². The predicted octanol–water partition coefficient (Wildman–Crippen LogP) is 1.91. The molecule has 3 rings (SSSR count). The van der Waals surface area contributed by atoms with Crippen molar-refractivity contribution in [3.63, 3.8) is 0 Å². The zero-order valence-corrected chi connectivity index (χ0v) is 15.2. The number of hydrogen-bond acceptors (Lipinski definition) is 3. The van der Waals surface area contributed by atoms with Crippen LogP contribution in [-0.4, -0.2) is 47.1 Å². The lowest BCUT2D eigenvalue weighted by Crippen LogP contribution is -2.53. The lowest BCUT2D eigenvalue weighted by molar-refractivity contribution is -0.139. The van der Waals surface area contributed by atoms with Crippen molar-refractivity contribution in [3.8, 4) is 0 Å². The Morgan fingerprint density at radius 2 is 1.88 bits per heavy atom. The molecule has 2 amide bonds. The van der Waals surface area contributed by atoms with Gasteiger partial charge in [0.15, 0.2) is 0 Å². The number of nitrogens with one attached hydrogen (secondary N) is 1.